The summed E-state index contributed by atoms with van der Waals surface area (Å²) >= 11 is 3.35. The molecule has 49 heavy (non-hydrogen) atoms. The summed E-state index contributed by atoms with van der Waals surface area (Å²) in [4.78, 5) is 46.9. The summed E-state index contributed by atoms with van der Waals surface area (Å²) in [7, 11) is 0. The second-order valence-electron chi connectivity index (χ2n) is 11.4. The molecule has 3 aromatic carbocycles. The fraction of sp³-hybridized carbons (Fsp3) is 0.150. The van der Waals surface area contributed by atoms with E-state index in [1.54, 1.807) is 37.3 Å². The van der Waals surface area contributed by atoms with Crippen LogP contribution in [0.15, 0.2) is 132 Å². The van der Waals surface area contributed by atoms with Gasteiger partial charge in [0.25, 0.3) is 11.8 Å². The Kier molecular flexibility index (Phi) is 11.7. The number of allylic oxidation sites excluding steroid dienone is 4. The van der Waals surface area contributed by atoms with Crippen molar-refractivity contribution >= 4 is 63.3 Å². The van der Waals surface area contributed by atoms with Gasteiger partial charge >= 0.3 is 0 Å². The maximum Gasteiger partial charge on any atom is 0.285 e. The predicted octanol–water partition coefficient (Wildman–Crippen LogP) is 8.40. The SMILES string of the molecule is C=C/C=C\C(=C/C)N1C(=O)/C(=C\c2cc(C)n(-c3ccc(I)c(C)c3)c2C)C(=O)N=C1SCC(=O)NC(c1ccccc1)c1ccccc1. The van der Waals surface area contributed by atoms with Gasteiger partial charge < -0.3 is 9.88 Å². The largest absolute Gasteiger partial charge is 0.344 e. The van der Waals surface area contributed by atoms with Gasteiger partial charge in [-0.25, -0.2) is 0 Å². The van der Waals surface area contributed by atoms with E-state index in [0.717, 1.165) is 51.1 Å². The number of amidine groups is 1. The zero-order valence-electron chi connectivity index (χ0n) is 27.8. The van der Waals surface area contributed by atoms with Gasteiger partial charge in [0.15, 0.2) is 5.17 Å². The third kappa shape index (κ3) is 8.12. The van der Waals surface area contributed by atoms with Crippen LogP contribution in [0.25, 0.3) is 11.8 Å². The van der Waals surface area contributed by atoms with E-state index in [4.69, 9.17) is 0 Å². The molecule has 5 rings (SSSR count). The van der Waals surface area contributed by atoms with Gasteiger partial charge in [0.2, 0.25) is 5.91 Å². The molecule has 0 atom stereocenters. The summed E-state index contributed by atoms with van der Waals surface area (Å²) in [6, 6.07) is 27.3. The van der Waals surface area contributed by atoms with E-state index in [2.05, 4.69) is 69.2 Å². The highest BCUT2D eigenvalue weighted by Gasteiger charge is 2.35. The highest BCUT2D eigenvalue weighted by atomic mass is 127. The Morgan fingerprint density at radius 1 is 0.980 bits per heavy atom. The minimum Gasteiger partial charge on any atom is -0.344 e. The number of carbonyl (C=O) groups excluding carboxylic acids is 3. The Morgan fingerprint density at radius 3 is 2.22 bits per heavy atom. The molecule has 0 radical (unpaired) electrons. The van der Waals surface area contributed by atoms with Gasteiger partial charge in [-0.3, -0.25) is 19.3 Å². The molecule has 3 amide bonds. The number of aliphatic imine (C=N–C) groups is 1. The zero-order chi connectivity index (χ0) is 35.1. The summed E-state index contributed by atoms with van der Waals surface area (Å²) in [5.74, 6) is -1.52. The molecule has 0 bridgehead atoms. The number of aromatic nitrogens is 1. The Hall–Kier alpha value is -4.74. The molecule has 2 heterocycles. The Morgan fingerprint density at radius 2 is 1.63 bits per heavy atom. The molecule has 1 aliphatic rings. The number of nitrogens with one attached hydrogen (secondary N) is 1. The molecule has 0 aliphatic carbocycles. The van der Waals surface area contributed by atoms with E-state index >= 15 is 0 Å². The number of nitrogens with zero attached hydrogens (tertiary/aromatic N) is 3. The van der Waals surface area contributed by atoms with Crippen molar-refractivity contribution in [3.63, 3.8) is 0 Å². The third-order valence-corrected chi connectivity index (χ3v) is 10.2. The topological polar surface area (TPSA) is 83.8 Å². The lowest BCUT2D eigenvalue weighted by Crippen LogP contribution is -2.42. The van der Waals surface area contributed by atoms with Crippen LogP contribution in [-0.2, 0) is 14.4 Å². The average Bonchev–Trinajstić information content (AvgIpc) is 3.39. The molecule has 0 fully saturated rings. The minimum absolute atomic E-state index is 0.0626. The van der Waals surface area contributed by atoms with Crippen LogP contribution in [0.2, 0.25) is 0 Å². The van der Waals surface area contributed by atoms with Crippen LogP contribution in [0, 0.1) is 24.3 Å². The maximum atomic E-state index is 14.2. The Labute approximate surface area is 305 Å². The van der Waals surface area contributed by atoms with Crippen LogP contribution in [0.3, 0.4) is 0 Å². The number of hydrogen-bond acceptors (Lipinski definition) is 4. The summed E-state index contributed by atoms with van der Waals surface area (Å²) < 4.78 is 3.28. The van der Waals surface area contributed by atoms with E-state index in [1.807, 2.05) is 80.6 Å². The van der Waals surface area contributed by atoms with Crippen LogP contribution in [0.1, 0.15) is 46.6 Å². The number of thioether (sulfide) groups is 1. The Balaban J connectivity index is 1.45. The van der Waals surface area contributed by atoms with Crippen LogP contribution >= 0.6 is 34.4 Å². The smallest absolute Gasteiger partial charge is 0.285 e. The van der Waals surface area contributed by atoms with Crippen molar-refractivity contribution in [1.82, 2.24) is 14.8 Å². The van der Waals surface area contributed by atoms with Gasteiger partial charge in [-0.1, -0.05) is 97.2 Å². The van der Waals surface area contributed by atoms with Gasteiger partial charge in [0.05, 0.1) is 11.8 Å². The van der Waals surface area contributed by atoms with E-state index in [-0.39, 0.29) is 28.4 Å². The number of carbonyl (C=O) groups is 3. The lowest BCUT2D eigenvalue weighted by molar-refractivity contribution is -0.126. The highest BCUT2D eigenvalue weighted by molar-refractivity contribution is 14.1. The van der Waals surface area contributed by atoms with E-state index < -0.39 is 11.8 Å². The van der Waals surface area contributed by atoms with E-state index in [9.17, 15) is 14.4 Å². The number of halogens is 1. The van der Waals surface area contributed by atoms with Crippen molar-refractivity contribution in [2.45, 2.75) is 33.7 Å². The van der Waals surface area contributed by atoms with Crippen molar-refractivity contribution < 1.29 is 14.4 Å². The molecule has 1 aromatic heterocycles. The van der Waals surface area contributed by atoms with Crippen molar-refractivity contribution in [3.05, 3.63) is 164 Å². The molecule has 0 saturated carbocycles. The fourth-order valence-corrected chi connectivity index (χ4v) is 6.79. The first-order chi connectivity index (χ1) is 23.6. The summed E-state index contributed by atoms with van der Waals surface area (Å²) in [5.41, 5.74) is 7.08. The van der Waals surface area contributed by atoms with Crippen LogP contribution in [0.4, 0.5) is 0 Å². The second-order valence-corrected chi connectivity index (χ2v) is 13.5. The van der Waals surface area contributed by atoms with Gasteiger partial charge in [0, 0.05) is 26.3 Å². The predicted molar refractivity (Wildman–Crippen MR) is 208 cm³/mol. The molecule has 7 nitrogen and oxygen atoms in total. The number of aryl methyl sites for hydroxylation is 2. The number of rotatable bonds is 10. The second kappa shape index (κ2) is 16.1. The van der Waals surface area contributed by atoms with Crippen LogP contribution in [-0.4, -0.2) is 38.1 Å². The zero-order valence-corrected chi connectivity index (χ0v) is 30.8. The minimum atomic E-state index is -0.659. The maximum absolute atomic E-state index is 14.2. The molecule has 9 heteroatoms. The fourth-order valence-electron chi connectivity index (χ4n) is 5.65. The van der Waals surface area contributed by atoms with Gasteiger partial charge in [-0.15, -0.1) is 0 Å². The van der Waals surface area contributed by atoms with E-state index in [0.29, 0.717) is 5.70 Å². The van der Waals surface area contributed by atoms with Crippen LogP contribution < -0.4 is 5.32 Å². The molecule has 0 saturated heterocycles. The van der Waals surface area contributed by atoms with Crippen molar-refractivity contribution in [1.29, 1.82) is 0 Å². The first-order valence-electron chi connectivity index (χ1n) is 15.7. The van der Waals surface area contributed by atoms with Gasteiger partial charge in [-0.05, 0) is 109 Å². The molecule has 1 N–H and O–H groups in total. The summed E-state index contributed by atoms with van der Waals surface area (Å²) in [6.07, 6.45) is 8.40. The molecular formula is C40H37IN4O3S. The molecule has 0 spiro atoms. The van der Waals surface area contributed by atoms with E-state index in [1.165, 1.54) is 8.47 Å². The molecule has 4 aromatic rings. The molecule has 248 valence electrons. The number of benzene rings is 3. The van der Waals surface area contributed by atoms with Gasteiger partial charge in [-0.2, -0.15) is 4.99 Å². The number of amides is 3. The monoisotopic (exact) mass is 780 g/mol. The highest BCUT2D eigenvalue weighted by Crippen LogP contribution is 2.30. The Bertz CT molecular complexity index is 1990. The lowest BCUT2D eigenvalue weighted by atomic mass is 9.99. The normalized spacial score (nSPS) is 14.6. The van der Waals surface area contributed by atoms with Gasteiger partial charge in [0.1, 0.15) is 5.57 Å². The average molecular weight is 781 g/mol. The number of hydrogen-bond donors (Lipinski definition) is 1. The van der Waals surface area contributed by atoms with Crippen molar-refractivity contribution in [2.75, 3.05) is 5.75 Å². The summed E-state index contributed by atoms with van der Waals surface area (Å²) in [6.45, 7) is 11.6. The van der Waals surface area contributed by atoms with Crippen molar-refractivity contribution in [2.24, 2.45) is 4.99 Å². The molecule has 0 unspecified atom stereocenters. The van der Waals surface area contributed by atoms with Crippen molar-refractivity contribution in [3.8, 4) is 5.69 Å². The lowest BCUT2D eigenvalue weighted by Gasteiger charge is -2.28. The summed E-state index contributed by atoms with van der Waals surface area (Å²) in [5, 5.41) is 3.24. The molecular weight excluding hydrogens is 743 g/mol. The first-order valence-corrected chi connectivity index (χ1v) is 17.8. The third-order valence-electron chi connectivity index (χ3n) is 8.08. The van der Waals surface area contributed by atoms with Crippen LogP contribution in [0.5, 0.6) is 0 Å². The first kappa shape index (κ1) is 35.6. The standard InChI is InChI=1S/C40H37IN4O3S/c1-6-8-19-32(7-2)45-39(48)34(24-31-23-27(4)44(28(31)5)33-20-21-35(41)26(3)22-33)38(47)43-40(45)49-25-36(46)42-37(29-15-11-9-12-16-29)30-17-13-10-14-18-30/h6-24,37H,1,25H2,2-5H3,(H,42,46)/b19-8-,32-7+,34-24-. The molecule has 1 aliphatic heterocycles. The quantitative estimate of drug-likeness (QED) is 0.0759.